The average Bonchev–Trinajstić information content (AvgIpc) is 2.20. The Labute approximate surface area is 106 Å². The Morgan fingerprint density at radius 3 is 2.18 bits per heavy atom. The van der Waals surface area contributed by atoms with Crippen molar-refractivity contribution in [3.05, 3.63) is 0 Å². The zero-order chi connectivity index (χ0) is 13.5. The van der Waals surface area contributed by atoms with Crippen LogP contribution in [0.1, 0.15) is 53.9 Å². The summed E-state index contributed by atoms with van der Waals surface area (Å²) in [7, 11) is 0. The standard InChI is InChI=1S/C13H29N3O/c1-12(2,3)8-10-15-9-6-7-13(4,5)11(14)16-17/h15,17H,6-10H2,1-5H3,(H2,14,16). The minimum atomic E-state index is -0.222. The van der Waals surface area contributed by atoms with Gasteiger partial charge in [0.1, 0.15) is 5.84 Å². The first-order chi connectivity index (χ1) is 7.69. The van der Waals surface area contributed by atoms with Gasteiger partial charge >= 0.3 is 0 Å². The van der Waals surface area contributed by atoms with E-state index in [0.29, 0.717) is 11.3 Å². The van der Waals surface area contributed by atoms with E-state index in [4.69, 9.17) is 10.9 Å². The molecule has 0 spiro atoms. The number of amidine groups is 1. The maximum Gasteiger partial charge on any atom is 0.144 e. The SMILES string of the molecule is CC(C)(C)CCNCCCC(C)(C)C(N)=NO. The summed E-state index contributed by atoms with van der Waals surface area (Å²) in [4.78, 5) is 0. The maximum absolute atomic E-state index is 8.65. The first-order valence-corrected chi connectivity index (χ1v) is 6.38. The quantitative estimate of drug-likeness (QED) is 0.212. The fraction of sp³-hybridized carbons (Fsp3) is 0.923. The topological polar surface area (TPSA) is 70.6 Å². The molecule has 0 aliphatic carbocycles. The molecule has 0 heterocycles. The van der Waals surface area contributed by atoms with Crippen molar-refractivity contribution < 1.29 is 5.21 Å². The van der Waals surface area contributed by atoms with Gasteiger partial charge in [-0.3, -0.25) is 0 Å². The lowest BCUT2D eigenvalue weighted by molar-refractivity contribution is 0.304. The number of oxime groups is 1. The first kappa shape index (κ1) is 16.2. The van der Waals surface area contributed by atoms with Crippen LogP contribution in [-0.4, -0.2) is 24.1 Å². The maximum atomic E-state index is 8.65. The Balaban J connectivity index is 3.65. The molecule has 4 heteroatoms. The second-order valence-corrected chi connectivity index (χ2v) is 6.53. The van der Waals surface area contributed by atoms with E-state index >= 15 is 0 Å². The predicted octanol–water partition coefficient (Wildman–Crippen LogP) is 2.56. The summed E-state index contributed by atoms with van der Waals surface area (Å²) in [6.45, 7) is 12.8. The van der Waals surface area contributed by atoms with Crippen LogP contribution in [0.2, 0.25) is 0 Å². The molecular formula is C13H29N3O. The van der Waals surface area contributed by atoms with Crippen molar-refractivity contribution in [2.45, 2.75) is 53.9 Å². The minimum absolute atomic E-state index is 0.222. The largest absolute Gasteiger partial charge is 0.409 e. The van der Waals surface area contributed by atoms with Crippen LogP contribution in [0, 0.1) is 10.8 Å². The van der Waals surface area contributed by atoms with Gasteiger partial charge in [0.25, 0.3) is 0 Å². The van der Waals surface area contributed by atoms with Crippen molar-refractivity contribution in [2.75, 3.05) is 13.1 Å². The second-order valence-electron chi connectivity index (χ2n) is 6.53. The molecule has 0 saturated carbocycles. The molecule has 4 N–H and O–H groups in total. The fourth-order valence-corrected chi connectivity index (χ4v) is 1.51. The molecule has 0 rings (SSSR count). The summed E-state index contributed by atoms with van der Waals surface area (Å²) in [6.07, 6.45) is 3.13. The van der Waals surface area contributed by atoms with Crippen LogP contribution in [0.3, 0.4) is 0 Å². The number of hydrogen-bond acceptors (Lipinski definition) is 3. The van der Waals surface area contributed by atoms with Gasteiger partial charge in [0.2, 0.25) is 0 Å². The van der Waals surface area contributed by atoms with Gasteiger partial charge in [0.15, 0.2) is 0 Å². The van der Waals surface area contributed by atoms with Crippen LogP contribution in [0.5, 0.6) is 0 Å². The molecule has 102 valence electrons. The van der Waals surface area contributed by atoms with Crippen molar-refractivity contribution in [1.82, 2.24) is 5.32 Å². The summed E-state index contributed by atoms with van der Waals surface area (Å²) in [5.41, 5.74) is 5.80. The van der Waals surface area contributed by atoms with Gasteiger partial charge in [0.05, 0.1) is 0 Å². The van der Waals surface area contributed by atoms with E-state index in [9.17, 15) is 0 Å². The lowest BCUT2D eigenvalue weighted by Gasteiger charge is -2.23. The molecule has 0 atom stereocenters. The van der Waals surface area contributed by atoms with E-state index in [1.165, 1.54) is 6.42 Å². The van der Waals surface area contributed by atoms with Crippen LogP contribution < -0.4 is 11.1 Å². The zero-order valence-corrected chi connectivity index (χ0v) is 12.0. The van der Waals surface area contributed by atoms with E-state index < -0.39 is 0 Å². The number of rotatable bonds is 7. The van der Waals surface area contributed by atoms with E-state index in [1.54, 1.807) is 0 Å². The summed E-state index contributed by atoms with van der Waals surface area (Å²) in [5, 5.41) is 15.2. The van der Waals surface area contributed by atoms with E-state index in [1.807, 2.05) is 13.8 Å². The second kappa shape index (κ2) is 6.84. The van der Waals surface area contributed by atoms with Crippen molar-refractivity contribution in [2.24, 2.45) is 21.7 Å². The smallest absolute Gasteiger partial charge is 0.144 e. The number of nitrogens with two attached hydrogens (primary N) is 1. The first-order valence-electron chi connectivity index (χ1n) is 6.38. The van der Waals surface area contributed by atoms with Crippen LogP contribution in [0.15, 0.2) is 5.16 Å². The molecule has 0 aromatic heterocycles. The Morgan fingerprint density at radius 2 is 1.71 bits per heavy atom. The number of nitrogens with one attached hydrogen (secondary N) is 1. The van der Waals surface area contributed by atoms with Crippen LogP contribution in [-0.2, 0) is 0 Å². The molecule has 0 radical (unpaired) electrons. The van der Waals surface area contributed by atoms with E-state index in [0.717, 1.165) is 25.9 Å². The molecule has 4 nitrogen and oxygen atoms in total. The molecule has 0 amide bonds. The molecule has 0 aromatic rings. The highest BCUT2D eigenvalue weighted by Crippen LogP contribution is 2.22. The molecule has 17 heavy (non-hydrogen) atoms. The van der Waals surface area contributed by atoms with Gasteiger partial charge in [-0.2, -0.15) is 0 Å². The third-order valence-corrected chi connectivity index (χ3v) is 3.01. The highest BCUT2D eigenvalue weighted by Gasteiger charge is 2.22. The van der Waals surface area contributed by atoms with Crippen molar-refractivity contribution >= 4 is 5.84 Å². The minimum Gasteiger partial charge on any atom is -0.409 e. The molecule has 0 unspecified atom stereocenters. The van der Waals surface area contributed by atoms with Gasteiger partial charge in [0, 0.05) is 5.41 Å². The van der Waals surface area contributed by atoms with Gasteiger partial charge in [-0.05, 0) is 37.8 Å². The molecular weight excluding hydrogens is 214 g/mol. The Hall–Kier alpha value is -0.770. The Morgan fingerprint density at radius 1 is 1.12 bits per heavy atom. The monoisotopic (exact) mass is 243 g/mol. The average molecular weight is 243 g/mol. The molecule has 0 aromatic carbocycles. The summed E-state index contributed by atoms with van der Waals surface area (Å²) in [6, 6.07) is 0. The lowest BCUT2D eigenvalue weighted by Crippen LogP contribution is -2.33. The number of hydrogen-bond donors (Lipinski definition) is 3. The Kier molecular flexibility index (Phi) is 6.53. The zero-order valence-electron chi connectivity index (χ0n) is 12.0. The fourth-order valence-electron chi connectivity index (χ4n) is 1.51. The lowest BCUT2D eigenvalue weighted by atomic mass is 9.86. The van der Waals surface area contributed by atoms with Crippen molar-refractivity contribution in [1.29, 1.82) is 0 Å². The summed E-state index contributed by atoms with van der Waals surface area (Å²) in [5.74, 6) is 0.312. The predicted molar refractivity (Wildman–Crippen MR) is 73.4 cm³/mol. The van der Waals surface area contributed by atoms with Crippen LogP contribution >= 0.6 is 0 Å². The van der Waals surface area contributed by atoms with Gasteiger partial charge in [-0.15, -0.1) is 0 Å². The van der Waals surface area contributed by atoms with Gasteiger partial charge < -0.3 is 16.3 Å². The summed E-state index contributed by atoms with van der Waals surface area (Å²) >= 11 is 0. The van der Waals surface area contributed by atoms with Crippen molar-refractivity contribution in [3.8, 4) is 0 Å². The van der Waals surface area contributed by atoms with Crippen molar-refractivity contribution in [3.63, 3.8) is 0 Å². The normalized spacial score (nSPS) is 14.1. The van der Waals surface area contributed by atoms with Gasteiger partial charge in [-0.25, -0.2) is 0 Å². The molecule has 0 aliphatic heterocycles. The van der Waals surface area contributed by atoms with E-state index in [2.05, 4.69) is 31.2 Å². The third kappa shape index (κ3) is 8.02. The highest BCUT2D eigenvalue weighted by molar-refractivity contribution is 5.85. The third-order valence-electron chi connectivity index (χ3n) is 3.01. The molecule has 0 bridgehead atoms. The molecule has 0 saturated heterocycles. The highest BCUT2D eigenvalue weighted by atomic mass is 16.4. The number of nitrogens with zero attached hydrogens (tertiary/aromatic N) is 1. The summed E-state index contributed by atoms with van der Waals surface area (Å²) < 4.78 is 0. The van der Waals surface area contributed by atoms with Crippen LogP contribution in [0.4, 0.5) is 0 Å². The molecule has 0 fully saturated rings. The Bertz CT molecular complexity index is 242. The van der Waals surface area contributed by atoms with Gasteiger partial charge in [-0.1, -0.05) is 39.8 Å². The molecule has 0 aliphatic rings. The van der Waals surface area contributed by atoms with E-state index in [-0.39, 0.29) is 5.41 Å². The van der Waals surface area contributed by atoms with Crippen LogP contribution in [0.25, 0.3) is 0 Å².